The van der Waals surface area contributed by atoms with Crippen molar-refractivity contribution in [1.29, 1.82) is 0 Å². The van der Waals surface area contributed by atoms with Crippen molar-refractivity contribution in [2.75, 3.05) is 25.5 Å². The van der Waals surface area contributed by atoms with Gasteiger partial charge in [-0.05, 0) is 49.7 Å². The molecule has 2 fully saturated rings. The molecule has 3 aromatic rings. The number of esters is 1. The molecule has 1 amide bonds. The van der Waals surface area contributed by atoms with Gasteiger partial charge in [0.05, 0.1) is 34.0 Å². The fourth-order valence-corrected chi connectivity index (χ4v) is 7.72. The number of ether oxygens (including phenoxy) is 1. The molecule has 210 valence electrons. The summed E-state index contributed by atoms with van der Waals surface area (Å²) in [5.41, 5.74) is 3.57. The highest BCUT2D eigenvalue weighted by atomic mass is 35.5. The summed E-state index contributed by atoms with van der Waals surface area (Å²) in [4.78, 5) is 37.0. The number of benzene rings is 1. The number of nitrogens with one attached hydrogen (secondary N) is 1. The SMILES string of the molecule is COC(=O)C12CCC(CN3CCc4c(nc(C(=O)Nc5cccc(-c6ccnc(Cl)c6Cl)c5Cl)n4C)C3)(CC1)C2. The van der Waals surface area contributed by atoms with Crippen molar-refractivity contribution in [2.24, 2.45) is 17.9 Å². The van der Waals surface area contributed by atoms with Crippen LogP contribution in [-0.4, -0.2) is 51.5 Å². The van der Waals surface area contributed by atoms with Crippen LogP contribution >= 0.6 is 34.8 Å². The van der Waals surface area contributed by atoms with E-state index in [1.54, 1.807) is 24.4 Å². The van der Waals surface area contributed by atoms with Crippen LogP contribution in [-0.2, 0) is 29.5 Å². The molecule has 11 heteroatoms. The first kappa shape index (κ1) is 27.5. The van der Waals surface area contributed by atoms with E-state index < -0.39 is 0 Å². The summed E-state index contributed by atoms with van der Waals surface area (Å²) in [7, 11) is 3.37. The third-order valence-electron chi connectivity index (χ3n) is 9.08. The number of halogens is 3. The van der Waals surface area contributed by atoms with Crippen LogP contribution in [0.1, 0.15) is 54.1 Å². The zero-order valence-electron chi connectivity index (χ0n) is 22.4. The Morgan fingerprint density at radius 1 is 1.07 bits per heavy atom. The molecule has 2 aliphatic carbocycles. The molecule has 0 atom stereocenters. The standard InChI is InChI=1S/C29H30Cl3N5O3/c1-36-21-7-13-37(16-28-8-10-29(15-28,11-9-28)27(39)40-2)14-20(21)34-25(36)26(38)35-19-5-3-4-17(22(19)30)18-6-12-33-24(32)23(18)31/h3-6,12H,7-11,13-16H2,1-2H3,(H,35,38). The van der Waals surface area contributed by atoms with E-state index in [9.17, 15) is 9.59 Å². The van der Waals surface area contributed by atoms with E-state index >= 15 is 0 Å². The van der Waals surface area contributed by atoms with Crippen molar-refractivity contribution in [3.63, 3.8) is 0 Å². The average Bonchev–Trinajstić information content (AvgIpc) is 3.61. The highest BCUT2D eigenvalue weighted by Crippen LogP contribution is 2.62. The largest absolute Gasteiger partial charge is 0.469 e. The van der Waals surface area contributed by atoms with E-state index in [2.05, 4.69) is 15.2 Å². The van der Waals surface area contributed by atoms with Gasteiger partial charge in [0.2, 0.25) is 0 Å². The molecule has 3 aliphatic rings. The molecule has 0 spiro atoms. The summed E-state index contributed by atoms with van der Waals surface area (Å²) < 4.78 is 7.02. The predicted molar refractivity (Wildman–Crippen MR) is 155 cm³/mol. The van der Waals surface area contributed by atoms with Crippen LogP contribution in [0.4, 0.5) is 5.69 Å². The molecule has 1 N–H and O–H groups in total. The van der Waals surface area contributed by atoms with Crippen molar-refractivity contribution in [3.05, 3.63) is 62.9 Å². The van der Waals surface area contributed by atoms with Gasteiger partial charge < -0.3 is 14.6 Å². The second-order valence-corrected chi connectivity index (χ2v) is 12.5. The average molecular weight is 603 g/mol. The molecular formula is C29H30Cl3N5O3. The zero-order valence-corrected chi connectivity index (χ0v) is 24.7. The smallest absolute Gasteiger partial charge is 0.311 e. The summed E-state index contributed by atoms with van der Waals surface area (Å²) >= 11 is 19.2. The minimum Gasteiger partial charge on any atom is -0.469 e. The topological polar surface area (TPSA) is 89.3 Å². The number of aromatic nitrogens is 3. The summed E-state index contributed by atoms with van der Waals surface area (Å²) in [5, 5.41) is 3.75. The summed E-state index contributed by atoms with van der Waals surface area (Å²) in [5.74, 6) is -0.0520. The minimum absolute atomic E-state index is 0.0495. The first-order valence-electron chi connectivity index (χ1n) is 13.4. The number of anilines is 1. The Hall–Kier alpha value is -2.65. The van der Waals surface area contributed by atoms with E-state index in [0.29, 0.717) is 39.2 Å². The van der Waals surface area contributed by atoms with Crippen molar-refractivity contribution >= 4 is 52.4 Å². The summed E-state index contributed by atoms with van der Waals surface area (Å²) in [6.45, 7) is 2.51. The number of rotatable bonds is 6. The number of hydrogen-bond donors (Lipinski definition) is 1. The number of carbonyl (C=O) groups is 2. The molecule has 0 radical (unpaired) electrons. The lowest BCUT2D eigenvalue weighted by Crippen LogP contribution is -2.39. The third kappa shape index (κ3) is 4.59. The van der Waals surface area contributed by atoms with Crippen LogP contribution in [0.5, 0.6) is 0 Å². The molecule has 3 heterocycles. The highest BCUT2D eigenvalue weighted by Gasteiger charge is 2.59. The van der Waals surface area contributed by atoms with E-state index in [4.69, 9.17) is 44.5 Å². The lowest BCUT2D eigenvalue weighted by molar-refractivity contribution is -0.152. The van der Waals surface area contributed by atoms with Crippen LogP contribution in [0.3, 0.4) is 0 Å². The molecule has 1 aliphatic heterocycles. The van der Waals surface area contributed by atoms with Crippen LogP contribution in [0.15, 0.2) is 30.5 Å². The third-order valence-corrected chi connectivity index (χ3v) is 10.3. The van der Waals surface area contributed by atoms with Crippen molar-refractivity contribution < 1.29 is 14.3 Å². The van der Waals surface area contributed by atoms with Crippen LogP contribution < -0.4 is 5.32 Å². The van der Waals surface area contributed by atoms with Crippen molar-refractivity contribution in [3.8, 4) is 11.1 Å². The number of hydrogen-bond acceptors (Lipinski definition) is 6. The number of methoxy groups -OCH3 is 1. The molecule has 2 bridgehead atoms. The maximum absolute atomic E-state index is 13.4. The maximum Gasteiger partial charge on any atom is 0.311 e. The molecule has 0 saturated heterocycles. The maximum atomic E-state index is 13.4. The highest BCUT2D eigenvalue weighted by molar-refractivity contribution is 6.44. The quantitative estimate of drug-likeness (QED) is 0.268. The van der Waals surface area contributed by atoms with Gasteiger partial charge in [0.1, 0.15) is 5.15 Å². The lowest BCUT2D eigenvalue weighted by Gasteiger charge is -2.35. The normalized spacial score (nSPS) is 23.7. The van der Waals surface area contributed by atoms with Gasteiger partial charge >= 0.3 is 5.97 Å². The van der Waals surface area contributed by atoms with Crippen LogP contribution in [0.25, 0.3) is 11.1 Å². The molecule has 6 rings (SSSR count). The molecule has 2 saturated carbocycles. The second kappa shape index (κ2) is 10.3. The lowest BCUT2D eigenvalue weighted by atomic mass is 9.81. The molecule has 40 heavy (non-hydrogen) atoms. The van der Waals surface area contributed by atoms with Gasteiger partial charge in [0.15, 0.2) is 5.82 Å². The van der Waals surface area contributed by atoms with Gasteiger partial charge in [-0.15, -0.1) is 0 Å². The van der Waals surface area contributed by atoms with Crippen LogP contribution in [0, 0.1) is 10.8 Å². The van der Waals surface area contributed by atoms with Gasteiger partial charge in [0, 0.05) is 56.1 Å². The summed E-state index contributed by atoms with van der Waals surface area (Å²) in [6, 6.07) is 7.07. The predicted octanol–water partition coefficient (Wildman–Crippen LogP) is 6.18. The number of fused-ring (bicyclic) bond motifs is 3. The molecule has 1 aromatic carbocycles. The first-order chi connectivity index (χ1) is 19.2. The fraction of sp³-hybridized carbons (Fsp3) is 0.448. The van der Waals surface area contributed by atoms with Crippen molar-refractivity contribution in [1.82, 2.24) is 19.4 Å². The Morgan fingerprint density at radius 3 is 2.58 bits per heavy atom. The number of carbonyl (C=O) groups excluding carboxylic acids is 2. The van der Waals surface area contributed by atoms with E-state index in [1.165, 1.54) is 7.11 Å². The minimum atomic E-state index is -0.339. The van der Waals surface area contributed by atoms with Gasteiger partial charge in [-0.3, -0.25) is 14.5 Å². The molecule has 0 unspecified atom stereocenters. The molecule has 2 aromatic heterocycles. The summed E-state index contributed by atoms with van der Waals surface area (Å²) in [6.07, 6.45) is 7.20. The molecular weight excluding hydrogens is 573 g/mol. The Labute approximate surface area is 248 Å². The van der Waals surface area contributed by atoms with Crippen LogP contribution in [0.2, 0.25) is 15.2 Å². The van der Waals surface area contributed by atoms with Gasteiger partial charge in [-0.25, -0.2) is 9.97 Å². The van der Waals surface area contributed by atoms with Gasteiger partial charge in [0.25, 0.3) is 5.91 Å². The second-order valence-electron chi connectivity index (χ2n) is 11.4. The van der Waals surface area contributed by atoms with E-state index in [-0.39, 0.29) is 27.9 Å². The fourth-order valence-electron chi connectivity index (χ4n) is 7.07. The Bertz CT molecular complexity index is 1510. The van der Waals surface area contributed by atoms with Gasteiger partial charge in [-0.1, -0.05) is 46.9 Å². The Morgan fingerprint density at radius 2 is 1.82 bits per heavy atom. The monoisotopic (exact) mass is 601 g/mol. The van der Waals surface area contributed by atoms with Crippen molar-refractivity contribution in [2.45, 2.75) is 45.1 Å². The Balaban J connectivity index is 1.18. The number of imidazole rings is 1. The number of pyridine rings is 1. The molecule has 8 nitrogen and oxygen atoms in total. The van der Waals surface area contributed by atoms with E-state index in [0.717, 1.165) is 63.0 Å². The zero-order chi connectivity index (χ0) is 28.2. The van der Waals surface area contributed by atoms with Gasteiger partial charge in [-0.2, -0.15) is 0 Å². The number of nitrogens with zero attached hydrogens (tertiary/aromatic N) is 4. The van der Waals surface area contributed by atoms with E-state index in [1.807, 2.05) is 17.7 Å². The first-order valence-corrected chi connectivity index (χ1v) is 14.5. The number of amides is 1. The Kier molecular flexibility index (Phi) is 7.10.